The second kappa shape index (κ2) is 6.83. The zero-order valence-corrected chi connectivity index (χ0v) is 16.0. The molecular formula is C18H26N2O5S. The van der Waals surface area contributed by atoms with E-state index in [-0.39, 0.29) is 28.2 Å². The molecule has 1 heterocycles. The minimum absolute atomic E-state index is 0.0534. The maximum atomic E-state index is 13.1. The number of nitrogens with zero attached hydrogens (tertiary/aromatic N) is 1. The average Bonchev–Trinajstić information content (AvgIpc) is 3.05. The predicted molar refractivity (Wildman–Crippen MR) is 96.3 cm³/mol. The summed E-state index contributed by atoms with van der Waals surface area (Å²) in [6.07, 6.45) is 3.38. The fraction of sp³-hybridized carbons (Fsp3) is 0.611. The topological polar surface area (TPSA) is 110 Å². The van der Waals surface area contributed by atoms with Gasteiger partial charge in [-0.05, 0) is 43.4 Å². The number of nitrogens with two attached hydrogens (primary N) is 1. The number of hydrogen-bond acceptors (Lipinski definition) is 5. The zero-order valence-electron chi connectivity index (χ0n) is 15.1. The molecule has 0 spiro atoms. The lowest BCUT2D eigenvalue weighted by Gasteiger charge is -2.40. The lowest BCUT2D eigenvalue weighted by Crippen LogP contribution is -2.44. The highest BCUT2D eigenvalue weighted by Crippen LogP contribution is 2.44. The number of amides is 1. The van der Waals surface area contributed by atoms with Gasteiger partial charge in [0.1, 0.15) is 5.75 Å². The van der Waals surface area contributed by atoms with Gasteiger partial charge in [-0.1, -0.05) is 13.3 Å². The van der Waals surface area contributed by atoms with Crippen molar-refractivity contribution in [1.82, 2.24) is 4.90 Å². The highest BCUT2D eigenvalue weighted by Gasteiger charge is 2.49. The van der Waals surface area contributed by atoms with Crippen LogP contribution in [0, 0.1) is 11.8 Å². The highest BCUT2D eigenvalue weighted by molar-refractivity contribution is 7.89. The second-order valence-corrected chi connectivity index (χ2v) is 8.89. The Morgan fingerprint density at radius 1 is 1.42 bits per heavy atom. The number of hydrogen-bond donors (Lipinski definition) is 2. The molecule has 1 aromatic rings. The molecule has 3 rings (SSSR count). The molecule has 144 valence electrons. The van der Waals surface area contributed by atoms with E-state index in [4.69, 9.17) is 9.88 Å². The van der Waals surface area contributed by atoms with Crippen LogP contribution in [0.25, 0.3) is 0 Å². The summed E-state index contributed by atoms with van der Waals surface area (Å²) in [6, 6.07) is 4.04. The number of methoxy groups -OCH3 is 1. The fourth-order valence-electron chi connectivity index (χ4n) is 4.43. The molecule has 2 aliphatic rings. The van der Waals surface area contributed by atoms with Crippen LogP contribution in [-0.2, 0) is 10.0 Å². The van der Waals surface area contributed by atoms with Crippen molar-refractivity contribution < 1.29 is 23.1 Å². The molecule has 0 radical (unpaired) electrons. The van der Waals surface area contributed by atoms with Gasteiger partial charge in [0.2, 0.25) is 10.0 Å². The van der Waals surface area contributed by atoms with Crippen LogP contribution in [0.15, 0.2) is 23.1 Å². The summed E-state index contributed by atoms with van der Waals surface area (Å²) >= 11 is 0. The van der Waals surface area contributed by atoms with E-state index in [1.165, 1.54) is 25.3 Å². The Kier molecular flexibility index (Phi) is 5.02. The molecule has 1 saturated carbocycles. The van der Waals surface area contributed by atoms with Gasteiger partial charge >= 0.3 is 0 Å². The van der Waals surface area contributed by atoms with Crippen molar-refractivity contribution in [3.05, 3.63) is 23.8 Å². The molecule has 26 heavy (non-hydrogen) atoms. The molecule has 1 saturated heterocycles. The zero-order chi connectivity index (χ0) is 19.1. The summed E-state index contributed by atoms with van der Waals surface area (Å²) in [6.45, 7) is 3.01. The highest BCUT2D eigenvalue weighted by atomic mass is 32.2. The maximum absolute atomic E-state index is 13.1. The smallest absolute Gasteiger partial charge is 0.257 e. The molecule has 1 aromatic carbocycles. The number of sulfonamides is 1. The summed E-state index contributed by atoms with van der Waals surface area (Å²) in [7, 11) is -2.48. The Morgan fingerprint density at radius 2 is 2.15 bits per heavy atom. The van der Waals surface area contributed by atoms with Gasteiger partial charge in [-0.15, -0.1) is 0 Å². The van der Waals surface area contributed by atoms with Gasteiger partial charge in [0.05, 0.1) is 23.2 Å². The van der Waals surface area contributed by atoms with Crippen molar-refractivity contribution in [2.75, 3.05) is 20.2 Å². The first kappa shape index (κ1) is 19.1. The van der Waals surface area contributed by atoms with E-state index in [1.54, 1.807) is 4.90 Å². The minimum atomic E-state index is -3.92. The van der Waals surface area contributed by atoms with Crippen molar-refractivity contribution in [3.8, 4) is 5.75 Å². The molecule has 3 N–H and O–H groups in total. The third-order valence-corrected chi connectivity index (χ3v) is 6.86. The number of carbonyl (C=O) groups is 1. The lowest BCUT2D eigenvalue weighted by atomic mass is 9.69. The Labute approximate surface area is 154 Å². The molecule has 0 aromatic heterocycles. The summed E-state index contributed by atoms with van der Waals surface area (Å²) in [4.78, 5) is 14.7. The van der Waals surface area contributed by atoms with E-state index in [1.807, 2.05) is 6.92 Å². The van der Waals surface area contributed by atoms with Gasteiger partial charge in [-0.2, -0.15) is 0 Å². The number of carbonyl (C=O) groups excluding carboxylic acids is 1. The van der Waals surface area contributed by atoms with Crippen molar-refractivity contribution in [2.45, 2.75) is 43.1 Å². The molecule has 8 heteroatoms. The Balaban J connectivity index is 1.91. The van der Waals surface area contributed by atoms with Crippen molar-refractivity contribution in [2.24, 2.45) is 17.0 Å². The molecule has 7 nitrogen and oxygen atoms in total. The fourth-order valence-corrected chi connectivity index (χ4v) is 4.97. The number of rotatable bonds is 4. The molecule has 1 aliphatic carbocycles. The third kappa shape index (κ3) is 3.33. The van der Waals surface area contributed by atoms with Crippen LogP contribution in [0.5, 0.6) is 5.75 Å². The quantitative estimate of drug-likeness (QED) is 0.817. The molecule has 2 fully saturated rings. The lowest BCUT2D eigenvalue weighted by molar-refractivity contribution is -0.0609. The molecular weight excluding hydrogens is 356 g/mol. The largest absolute Gasteiger partial charge is 0.496 e. The standard InChI is InChI=1S/C18H26N2O5S/c1-3-18(22)8-4-5-12-10-20(11-15(12)18)17(21)14-9-13(26(19,23)24)6-7-16(14)25-2/h6-7,9,12,15,22H,3-5,8,10-11H2,1-2H3,(H2,19,23,24)/t12-,15+,18-/m1/s1. The molecule has 1 aliphatic heterocycles. The van der Waals surface area contributed by atoms with Crippen LogP contribution in [-0.4, -0.2) is 50.1 Å². The van der Waals surface area contributed by atoms with E-state index in [9.17, 15) is 18.3 Å². The first-order valence-electron chi connectivity index (χ1n) is 8.92. The van der Waals surface area contributed by atoms with E-state index >= 15 is 0 Å². The van der Waals surface area contributed by atoms with Gasteiger partial charge < -0.3 is 14.7 Å². The van der Waals surface area contributed by atoms with Crippen LogP contribution < -0.4 is 9.88 Å². The van der Waals surface area contributed by atoms with Gasteiger partial charge in [0.15, 0.2) is 0 Å². The van der Waals surface area contributed by atoms with Crippen LogP contribution in [0.3, 0.4) is 0 Å². The first-order chi connectivity index (χ1) is 12.2. The van der Waals surface area contributed by atoms with Crippen LogP contribution >= 0.6 is 0 Å². The summed E-state index contributed by atoms with van der Waals surface area (Å²) in [5.74, 6) is 0.339. The van der Waals surface area contributed by atoms with Crippen LogP contribution in [0.2, 0.25) is 0 Å². The van der Waals surface area contributed by atoms with Crippen molar-refractivity contribution in [1.29, 1.82) is 0 Å². The molecule has 3 atom stereocenters. The van der Waals surface area contributed by atoms with Gasteiger partial charge in [0.25, 0.3) is 5.91 Å². The first-order valence-corrected chi connectivity index (χ1v) is 10.5. The SMILES string of the molecule is CC[C@@]1(O)CCC[C@@H]2CN(C(=O)c3cc(S(N)(=O)=O)ccc3OC)C[C@@H]21. The third-order valence-electron chi connectivity index (χ3n) is 5.95. The Morgan fingerprint density at radius 3 is 2.77 bits per heavy atom. The van der Waals surface area contributed by atoms with E-state index in [0.717, 1.165) is 19.3 Å². The van der Waals surface area contributed by atoms with Crippen molar-refractivity contribution in [3.63, 3.8) is 0 Å². The number of benzene rings is 1. The van der Waals surface area contributed by atoms with E-state index in [2.05, 4.69) is 0 Å². The number of primary sulfonamides is 1. The maximum Gasteiger partial charge on any atom is 0.257 e. The number of ether oxygens (including phenoxy) is 1. The normalized spacial score (nSPS) is 28.7. The number of fused-ring (bicyclic) bond motifs is 1. The second-order valence-electron chi connectivity index (χ2n) is 7.33. The predicted octanol–water partition coefficient (Wildman–Crippen LogP) is 1.36. The van der Waals surface area contributed by atoms with Gasteiger partial charge in [-0.3, -0.25) is 4.79 Å². The van der Waals surface area contributed by atoms with Crippen LogP contribution in [0.4, 0.5) is 0 Å². The Bertz CT molecular complexity index is 810. The molecule has 0 bridgehead atoms. The number of aliphatic hydroxyl groups is 1. The number of likely N-dealkylation sites (tertiary alicyclic amines) is 1. The van der Waals surface area contributed by atoms with Crippen molar-refractivity contribution >= 4 is 15.9 Å². The molecule has 0 unspecified atom stereocenters. The van der Waals surface area contributed by atoms with Gasteiger partial charge in [0, 0.05) is 19.0 Å². The van der Waals surface area contributed by atoms with Crippen LogP contribution in [0.1, 0.15) is 43.0 Å². The molecule has 1 amide bonds. The van der Waals surface area contributed by atoms with Gasteiger partial charge in [-0.25, -0.2) is 13.6 Å². The minimum Gasteiger partial charge on any atom is -0.496 e. The Hall–Kier alpha value is -1.64. The summed E-state index contributed by atoms with van der Waals surface area (Å²) in [5, 5.41) is 16.1. The summed E-state index contributed by atoms with van der Waals surface area (Å²) in [5.41, 5.74) is -0.553. The summed E-state index contributed by atoms with van der Waals surface area (Å²) < 4.78 is 28.5. The van der Waals surface area contributed by atoms with E-state index < -0.39 is 15.6 Å². The average molecular weight is 382 g/mol. The monoisotopic (exact) mass is 382 g/mol. The van der Waals surface area contributed by atoms with E-state index in [0.29, 0.717) is 25.3 Å².